The molecular weight excluding hydrogens is 398 g/mol. The maximum absolute atomic E-state index is 12.9. The third-order valence-corrected chi connectivity index (χ3v) is 4.40. The predicted octanol–water partition coefficient (Wildman–Crippen LogP) is 2.78. The van der Waals surface area contributed by atoms with Gasteiger partial charge in [-0.3, -0.25) is 4.90 Å². The molecule has 0 saturated carbocycles. The first kappa shape index (κ1) is 22.9. The molecule has 0 aliphatic carbocycles. The van der Waals surface area contributed by atoms with Crippen molar-refractivity contribution in [1.29, 1.82) is 0 Å². The third kappa shape index (κ3) is 5.13. The van der Waals surface area contributed by atoms with Gasteiger partial charge >= 0.3 is 17.9 Å². The quantitative estimate of drug-likeness (QED) is 0.596. The highest BCUT2D eigenvalue weighted by Gasteiger charge is 2.45. The van der Waals surface area contributed by atoms with E-state index in [1.165, 1.54) is 32.0 Å². The number of amides is 1. The fourth-order valence-corrected chi connectivity index (χ4v) is 2.78. The number of carboxylic acids is 1. The van der Waals surface area contributed by atoms with E-state index in [1.807, 2.05) is 0 Å². The Bertz CT molecular complexity index is 998. The molecule has 10 nitrogen and oxygen atoms in total. The molecule has 0 radical (unpaired) electrons. The van der Waals surface area contributed by atoms with Crippen LogP contribution in [0.1, 0.15) is 44.8 Å². The van der Waals surface area contributed by atoms with Crippen LogP contribution in [0, 0.1) is 6.92 Å². The third-order valence-electron chi connectivity index (χ3n) is 4.40. The van der Waals surface area contributed by atoms with Gasteiger partial charge in [0.1, 0.15) is 16.9 Å². The second-order valence-electron chi connectivity index (χ2n) is 8.08. The van der Waals surface area contributed by atoms with Crippen molar-refractivity contribution in [2.75, 3.05) is 0 Å². The van der Waals surface area contributed by atoms with Crippen LogP contribution in [0.4, 0.5) is 4.79 Å². The molecule has 0 spiro atoms. The van der Waals surface area contributed by atoms with E-state index in [2.05, 4.69) is 0 Å². The number of carbonyl (C=O) groups is 2. The zero-order chi connectivity index (χ0) is 22.9. The van der Waals surface area contributed by atoms with E-state index >= 15 is 0 Å². The minimum atomic E-state index is -1.87. The van der Waals surface area contributed by atoms with Gasteiger partial charge in [-0.2, -0.15) is 0 Å². The van der Waals surface area contributed by atoms with Crippen LogP contribution in [0.5, 0.6) is 11.5 Å². The topological polar surface area (TPSA) is 151 Å². The average molecular weight is 423 g/mol. The van der Waals surface area contributed by atoms with Gasteiger partial charge in [0.25, 0.3) is 0 Å². The lowest BCUT2D eigenvalue weighted by atomic mass is 9.90. The number of hydrogen-bond acceptors (Lipinski definition) is 8. The highest BCUT2D eigenvalue weighted by atomic mass is 16.6. The Morgan fingerprint density at radius 3 is 2.20 bits per heavy atom. The van der Waals surface area contributed by atoms with E-state index in [9.17, 15) is 29.7 Å². The van der Waals surface area contributed by atoms with Gasteiger partial charge in [-0.1, -0.05) is 6.07 Å². The summed E-state index contributed by atoms with van der Waals surface area (Å²) < 4.78 is 15.1. The number of carbonyl (C=O) groups excluding carboxylic acids is 1. The van der Waals surface area contributed by atoms with Gasteiger partial charge < -0.3 is 28.9 Å². The number of phenolic OH excluding ortho intramolecular Hbond substituents is 2. The summed E-state index contributed by atoms with van der Waals surface area (Å²) in [6.45, 7) is 7.23. The monoisotopic (exact) mass is 423 g/mol. The Kier molecular flexibility index (Phi) is 6.19. The number of rotatable bonds is 6. The first-order valence-electron chi connectivity index (χ1n) is 9.07. The number of ether oxygens (including phenoxy) is 1. The molecular formula is C20H25NO9. The van der Waals surface area contributed by atoms with Crippen molar-refractivity contribution in [3.8, 4) is 11.5 Å². The van der Waals surface area contributed by atoms with Crippen LogP contribution >= 0.6 is 0 Å². The van der Waals surface area contributed by atoms with Gasteiger partial charge in [0.2, 0.25) is 0 Å². The molecule has 10 heteroatoms. The molecule has 2 rings (SSSR count). The van der Waals surface area contributed by atoms with Gasteiger partial charge in [-0.05, 0) is 52.3 Å². The molecule has 0 bridgehead atoms. The molecule has 0 saturated heterocycles. The van der Waals surface area contributed by atoms with Crippen LogP contribution in [-0.4, -0.2) is 43.4 Å². The fraction of sp³-hybridized carbons (Fsp3) is 0.450. The van der Waals surface area contributed by atoms with Crippen LogP contribution in [0.25, 0.3) is 0 Å². The number of aromatic hydroxyl groups is 2. The molecule has 0 aliphatic heterocycles. The molecule has 1 aromatic carbocycles. The minimum absolute atomic E-state index is 0.0214. The lowest BCUT2D eigenvalue weighted by Gasteiger charge is -2.38. The number of aliphatic carboxylic acids is 1. The van der Waals surface area contributed by atoms with E-state index in [0.717, 1.165) is 4.90 Å². The van der Waals surface area contributed by atoms with Crippen molar-refractivity contribution < 1.29 is 38.5 Å². The molecule has 0 aliphatic rings. The van der Waals surface area contributed by atoms with E-state index in [-0.39, 0.29) is 23.7 Å². The Hall–Kier alpha value is -3.43. The summed E-state index contributed by atoms with van der Waals surface area (Å²) in [5.41, 5.74) is -2.44. The van der Waals surface area contributed by atoms with Gasteiger partial charge in [-0.25, -0.2) is 14.4 Å². The van der Waals surface area contributed by atoms with Crippen LogP contribution in [0.15, 0.2) is 31.8 Å². The Morgan fingerprint density at radius 1 is 1.10 bits per heavy atom. The van der Waals surface area contributed by atoms with Crippen LogP contribution < -0.4 is 5.82 Å². The molecule has 1 atom stereocenters. The predicted molar refractivity (Wildman–Crippen MR) is 103 cm³/mol. The van der Waals surface area contributed by atoms with E-state index in [0.29, 0.717) is 5.56 Å². The summed E-state index contributed by atoms with van der Waals surface area (Å²) in [5.74, 6) is -3.05. The van der Waals surface area contributed by atoms with E-state index < -0.39 is 41.3 Å². The molecule has 1 heterocycles. The van der Waals surface area contributed by atoms with Crippen molar-refractivity contribution in [1.82, 2.24) is 4.90 Å². The van der Waals surface area contributed by atoms with Crippen molar-refractivity contribution in [2.24, 2.45) is 0 Å². The van der Waals surface area contributed by atoms with Crippen molar-refractivity contribution in [3.05, 3.63) is 45.9 Å². The number of aryl methyl sites for hydroxylation is 1. The smallest absolute Gasteiger partial charge is 0.504 e. The lowest BCUT2D eigenvalue weighted by molar-refractivity contribution is -0.150. The van der Waals surface area contributed by atoms with Gasteiger partial charge in [0, 0.05) is 6.42 Å². The maximum atomic E-state index is 12.9. The van der Waals surface area contributed by atoms with Gasteiger partial charge in [0.15, 0.2) is 17.3 Å². The highest BCUT2D eigenvalue weighted by Crippen LogP contribution is 2.31. The maximum Gasteiger partial charge on any atom is 0.519 e. The molecule has 0 fully saturated rings. The zero-order valence-corrected chi connectivity index (χ0v) is 17.4. The number of nitrogens with zero attached hydrogens (tertiary/aromatic N) is 1. The standard InChI is InChI=1S/C20H25NO9/c1-11-15(29-18(27)28-11)10-21(17(26)30-19(2,3)4)20(5,16(24)25)9-12-6-7-13(22)14(23)8-12/h6-8,22-23H,9-10H2,1-5H3,(H,24,25)/t20-/m0/s1. The molecule has 164 valence electrons. The second-order valence-corrected chi connectivity index (χ2v) is 8.08. The number of carboxylic acid groups (broad SMARTS) is 1. The second kappa shape index (κ2) is 8.13. The SMILES string of the molecule is Cc1oc(=O)oc1CN(C(=O)OC(C)(C)C)[C@@](C)(Cc1ccc(O)c(O)c1)C(=O)O. The van der Waals surface area contributed by atoms with E-state index in [4.69, 9.17) is 13.6 Å². The highest BCUT2D eigenvalue weighted by molar-refractivity contribution is 5.84. The molecule has 3 N–H and O–H groups in total. The number of benzene rings is 1. The lowest BCUT2D eigenvalue weighted by Crippen LogP contribution is -2.57. The summed E-state index contributed by atoms with van der Waals surface area (Å²) >= 11 is 0. The summed E-state index contributed by atoms with van der Waals surface area (Å²) in [6.07, 6.45) is -1.19. The molecule has 1 amide bonds. The summed E-state index contributed by atoms with van der Waals surface area (Å²) in [6, 6.07) is 3.84. The van der Waals surface area contributed by atoms with Crippen molar-refractivity contribution in [2.45, 2.75) is 58.7 Å². The van der Waals surface area contributed by atoms with E-state index in [1.54, 1.807) is 20.8 Å². The molecule has 2 aromatic rings. The Morgan fingerprint density at radius 2 is 1.73 bits per heavy atom. The number of hydrogen-bond donors (Lipinski definition) is 3. The number of phenols is 2. The van der Waals surface area contributed by atoms with Gasteiger partial charge in [0.05, 0.1) is 6.54 Å². The van der Waals surface area contributed by atoms with Crippen LogP contribution in [0.3, 0.4) is 0 Å². The molecule has 1 aromatic heterocycles. The van der Waals surface area contributed by atoms with Gasteiger partial charge in [-0.15, -0.1) is 0 Å². The summed E-state index contributed by atoms with van der Waals surface area (Å²) in [5, 5.41) is 29.3. The normalized spacial score (nSPS) is 13.5. The first-order chi connectivity index (χ1) is 13.7. The molecule has 0 unspecified atom stereocenters. The van der Waals surface area contributed by atoms with Crippen LogP contribution in [-0.2, 0) is 22.5 Å². The molecule has 30 heavy (non-hydrogen) atoms. The fourth-order valence-electron chi connectivity index (χ4n) is 2.78. The van der Waals surface area contributed by atoms with Crippen molar-refractivity contribution >= 4 is 12.1 Å². The van der Waals surface area contributed by atoms with Crippen LogP contribution in [0.2, 0.25) is 0 Å². The largest absolute Gasteiger partial charge is 0.519 e. The minimum Gasteiger partial charge on any atom is -0.504 e. The summed E-state index contributed by atoms with van der Waals surface area (Å²) in [7, 11) is 0. The Labute approximate surface area is 172 Å². The average Bonchev–Trinajstić information content (AvgIpc) is 2.91. The summed E-state index contributed by atoms with van der Waals surface area (Å²) in [4.78, 5) is 37.6. The Balaban J connectivity index is 2.52. The zero-order valence-electron chi connectivity index (χ0n) is 17.4. The first-order valence-corrected chi connectivity index (χ1v) is 9.07. The van der Waals surface area contributed by atoms with Crippen molar-refractivity contribution in [3.63, 3.8) is 0 Å².